The number of para-hydroxylation sites is 1. The molecule has 1 fully saturated rings. The summed E-state index contributed by atoms with van der Waals surface area (Å²) in [6.45, 7) is 5.52. The van der Waals surface area contributed by atoms with Crippen molar-refractivity contribution in [2.24, 2.45) is 0 Å². The zero-order valence-electron chi connectivity index (χ0n) is 17.3. The van der Waals surface area contributed by atoms with Crippen molar-refractivity contribution < 1.29 is 14.0 Å². The SMILES string of the molecule is Cc1c(C(=O)N2CCCN(CC(=O)NCc3ccccc3)CC2)oc2ccccc12. The maximum atomic E-state index is 13.1. The maximum absolute atomic E-state index is 13.1. The summed E-state index contributed by atoms with van der Waals surface area (Å²) in [5.74, 6) is 0.357. The fourth-order valence-corrected chi connectivity index (χ4v) is 3.91. The van der Waals surface area contributed by atoms with Crippen LogP contribution < -0.4 is 5.32 Å². The molecule has 0 saturated carbocycles. The molecule has 0 bridgehead atoms. The maximum Gasteiger partial charge on any atom is 0.289 e. The fraction of sp³-hybridized carbons (Fsp3) is 0.333. The summed E-state index contributed by atoms with van der Waals surface area (Å²) in [5, 5.41) is 3.95. The van der Waals surface area contributed by atoms with E-state index in [1.54, 1.807) is 0 Å². The van der Waals surface area contributed by atoms with Gasteiger partial charge in [-0.05, 0) is 25.0 Å². The number of carbonyl (C=O) groups excluding carboxylic acids is 2. The molecule has 1 saturated heterocycles. The molecule has 1 aliphatic heterocycles. The minimum Gasteiger partial charge on any atom is -0.451 e. The smallest absolute Gasteiger partial charge is 0.289 e. The summed E-state index contributed by atoms with van der Waals surface area (Å²) < 4.78 is 5.85. The van der Waals surface area contributed by atoms with Gasteiger partial charge < -0.3 is 14.6 Å². The second-order valence-corrected chi connectivity index (χ2v) is 7.74. The second-order valence-electron chi connectivity index (χ2n) is 7.74. The van der Waals surface area contributed by atoms with E-state index in [1.807, 2.05) is 66.4 Å². The Labute approximate surface area is 176 Å². The third-order valence-corrected chi connectivity index (χ3v) is 5.61. The van der Waals surface area contributed by atoms with Crippen molar-refractivity contribution in [3.8, 4) is 0 Å². The first-order valence-electron chi connectivity index (χ1n) is 10.4. The Hall–Kier alpha value is -3.12. The van der Waals surface area contributed by atoms with E-state index in [0.29, 0.717) is 38.5 Å². The highest BCUT2D eigenvalue weighted by Gasteiger charge is 2.25. The third-order valence-electron chi connectivity index (χ3n) is 5.61. The molecule has 30 heavy (non-hydrogen) atoms. The standard InChI is InChI=1S/C24H27N3O3/c1-18-20-10-5-6-11-21(20)30-23(18)24(29)27-13-7-12-26(14-15-27)17-22(28)25-16-19-8-3-2-4-9-19/h2-6,8-11H,7,12-17H2,1H3,(H,25,28). The average Bonchev–Trinajstić information content (AvgIpc) is 2.94. The summed E-state index contributed by atoms with van der Waals surface area (Å²) >= 11 is 0. The lowest BCUT2D eigenvalue weighted by Gasteiger charge is -2.21. The number of carbonyl (C=O) groups is 2. The molecule has 156 valence electrons. The first-order chi connectivity index (χ1) is 14.6. The summed E-state index contributed by atoms with van der Waals surface area (Å²) in [6, 6.07) is 17.6. The first kappa shape index (κ1) is 20.2. The van der Waals surface area contributed by atoms with Crippen LogP contribution in [0.3, 0.4) is 0 Å². The molecule has 6 nitrogen and oxygen atoms in total. The Balaban J connectivity index is 1.32. The molecule has 4 rings (SSSR count). The van der Waals surface area contributed by atoms with E-state index in [9.17, 15) is 9.59 Å². The lowest BCUT2D eigenvalue weighted by atomic mass is 10.1. The minimum atomic E-state index is -0.0703. The van der Waals surface area contributed by atoms with E-state index < -0.39 is 0 Å². The van der Waals surface area contributed by atoms with Crippen LogP contribution >= 0.6 is 0 Å². The zero-order valence-corrected chi connectivity index (χ0v) is 17.3. The van der Waals surface area contributed by atoms with Crippen LogP contribution in [0.4, 0.5) is 0 Å². The highest BCUT2D eigenvalue weighted by Crippen LogP contribution is 2.26. The molecule has 0 spiro atoms. The van der Waals surface area contributed by atoms with E-state index in [2.05, 4.69) is 10.2 Å². The van der Waals surface area contributed by atoms with Crippen LogP contribution in [0.5, 0.6) is 0 Å². The Bertz CT molecular complexity index is 1030. The van der Waals surface area contributed by atoms with Crippen LogP contribution in [0.25, 0.3) is 11.0 Å². The van der Waals surface area contributed by atoms with E-state index in [4.69, 9.17) is 4.42 Å². The molecule has 0 aliphatic carbocycles. The van der Waals surface area contributed by atoms with Gasteiger partial charge in [-0.3, -0.25) is 14.5 Å². The Kier molecular flexibility index (Phi) is 6.14. The van der Waals surface area contributed by atoms with Crippen LogP contribution in [0.1, 0.15) is 28.1 Å². The summed E-state index contributed by atoms with van der Waals surface area (Å²) in [6.07, 6.45) is 0.830. The Morgan fingerprint density at radius 2 is 1.73 bits per heavy atom. The number of fused-ring (bicyclic) bond motifs is 1. The molecular formula is C24H27N3O3. The number of furan rings is 1. The van der Waals surface area contributed by atoms with Crippen LogP contribution in [-0.4, -0.2) is 54.3 Å². The van der Waals surface area contributed by atoms with Crippen LogP contribution in [-0.2, 0) is 11.3 Å². The zero-order chi connectivity index (χ0) is 20.9. The van der Waals surface area contributed by atoms with Gasteiger partial charge in [0.05, 0.1) is 6.54 Å². The van der Waals surface area contributed by atoms with Crippen LogP contribution in [0, 0.1) is 6.92 Å². The second kappa shape index (κ2) is 9.13. The van der Waals surface area contributed by atoms with Crippen molar-refractivity contribution in [3.05, 3.63) is 71.5 Å². The van der Waals surface area contributed by atoms with Gasteiger partial charge >= 0.3 is 0 Å². The molecule has 0 atom stereocenters. The van der Waals surface area contributed by atoms with Crippen molar-refractivity contribution in [1.29, 1.82) is 0 Å². The van der Waals surface area contributed by atoms with Crippen molar-refractivity contribution in [3.63, 3.8) is 0 Å². The van der Waals surface area contributed by atoms with Crippen LogP contribution in [0.15, 0.2) is 59.0 Å². The molecule has 2 amide bonds. The Morgan fingerprint density at radius 3 is 2.53 bits per heavy atom. The quantitative estimate of drug-likeness (QED) is 0.708. The average molecular weight is 405 g/mol. The third kappa shape index (κ3) is 4.54. The Morgan fingerprint density at radius 1 is 0.967 bits per heavy atom. The van der Waals surface area contributed by atoms with Crippen molar-refractivity contribution >= 4 is 22.8 Å². The normalized spacial score (nSPS) is 15.2. The highest BCUT2D eigenvalue weighted by molar-refractivity contribution is 5.98. The van der Waals surface area contributed by atoms with Gasteiger partial charge in [-0.25, -0.2) is 0 Å². The van der Waals surface area contributed by atoms with Gasteiger partial charge in [0.1, 0.15) is 5.58 Å². The van der Waals surface area contributed by atoms with Gasteiger partial charge in [0.25, 0.3) is 5.91 Å². The molecule has 2 aromatic carbocycles. The van der Waals surface area contributed by atoms with Gasteiger partial charge in [-0.2, -0.15) is 0 Å². The number of benzene rings is 2. The predicted molar refractivity (Wildman–Crippen MR) is 116 cm³/mol. The first-order valence-corrected chi connectivity index (χ1v) is 10.4. The molecule has 2 heterocycles. The molecule has 6 heteroatoms. The predicted octanol–water partition coefficient (Wildman–Crippen LogP) is 3.21. The monoisotopic (exact) mass is 405 g/mol. The lowest BCUT2D eigenvalue weighted by molar-refractivity contribution is -0.122. The van der Waals surface area contributed by atoms with Gasteiger partial charge in [0.15, 0.2) is 5.76 Å². The molecule has 1 N–H and O–H groups in total. The van der Waals surface area contributed by atoms with Gasteiger partial charge in [0, 0.05) is 43.7 Å². The van der Waals surface area contributed by atoms with Crippen molar-refractivity contribution in [1.82, 2.24) is 15.1 Å². The van der Waals surface area contributed by atoms with E-state index in [0.717, 1.165) is 35.1 Å². The van der Waals surface area contributed by atoms with Crippen molar-refractivity contribution in [2.75, 3.05) is 32.7 Å². The van der Waals surface area contributed by atoms with E-state index in [-0.39, 0.29) is 11.8 Å². The molecule has 1 aromatic heterocycles. The summed E-state index contributed by atoms with van der Waals surface area (Å²) in [7, 11) is 0. The molecule has 3 aromatic rings. The van der Waals surface area contributed by atoms with Crippen LogP contribution in [0.2, 0.25) is 0 Å². The minimum absolute atomic E-state index is 0.00626. The molecule has 0 unspecified atom stereocenters. The van der Waals surface area contributed by atoms with Gasteiger partial charge in [-0.1, -0.05) is 48.5 Å². The number of rotatable bonds is 5. The number of hydrogen-bond acceptors (Lipinski definition) is 4. The molecule has 1 aliphatic rings. The fourth-order valence-electron chi connectivity index (χ4n) is 3.91. The lowest BCUT2D eigenvalue weighted by Crippen LogP contribution is -2.39. The molecule has 0 radical (unpaired) electrons. The highest BCUT2D eigenvalue weighted by atomic mass is 16.3. The molecular weight excluding hydrogens is 378 g/mol. The summed E-state index contributed by atoms with van der Waals surface area (Å²) in [4.78, 5) is 29.3. The number of nitrogens with one attached hydrogen (secondary N) is 1. The number of nitrogens with zero attached hydrogens (tertiary/aromatic N) is 2. The van der Waals surface area contributed by atoms with Gasteiger partial charge in [0.2, 0.25) is 5.91 Å². The van der Waals surface area contributed by atoms with E-state index in [1.165, 1.54) is 0 Å². The number of hydrogen-bond donors (Lipinski definition) is 1. The van der Waals surface area contributed by atoms with Crippen molar-refractivity contribution in [2.45, 2.75) is 19.9 Å². The number of aryl methyl sites for hydroxylation is 1. The summed E-state index contributed by atoms with van der Waals surface area (Å²) in [5.41, 5.74) is 2.71. The van der Waals surface area contributed by atoms with Gasteiger partial charge in [-0.15, -0.1) is 0 Å². The topological polar surface area (TPSA) is 65.8 Å². The van der Waals surface area contributed by atoms with E-state index >= 15 is 0 Å². The number of amides is 2. The largest absolute Gasteiger partial charge is 0.451 e.